The number of nitrogen functional groups attached to an aromatic ring is 1. The molecule has 0 bridgehead atoms. The largest absolute Gasteiger partial charge is 0.384 e. The third-order valence-corrected chi connectivity index (χ3v) is 4.21. The van der Waals surface area contributed by atoms with Crippen molar-refractivity contribution < 1.29 is 4.79 Å². The van der Waals surface area contributed by atoms with Crippen LogP contribution < -0.4 is 5.73 Å². The number of aromatic nitrogens is 1. The lowest BCUT2D eigenvalue weighted by atomic mass is 10.0. The quantitative estimate of drug-likeness (QED) is 0.885. The van der Waals surface area contributed by atoms with Crippen molar-refractivity contribution in [3.05, 3.63) is 58.7 Å². The van der Waals surface area contributed by atoms with E-state index in [9.17, 15) is 4.79 Å². The third kappa shape index (κ3) is 3.22. The molecule has 0 radical (unpaired) electrons. The van der Waals surface area contributed by atoms with Crippen LogP contribution in [-0.4, -0.2) is 28.4 Å². The molecule has 1 aliphatic heterocycles. The van der Waals surface area contributed by atoms with Gasteiger partial charge in [0.1, 0.15) is 11.0 Å². The number of nitrogens with zero attached hydrogens (tertiary/aromatic N) is 2. The van der Waals surface area contributed by atoms with E-state index in [1.807, 2.05) is 23.1 Å². The van der Waals surface area contributed by atoms with Gasteiger partial charge in [-0.2, -0.15) is 0 Å². The highest BCUT2D eigenvalue weighted by atomic mass is 35.5. The SMILES string of the molecule is Nc1cc(C(=O)N2CCCC2Cc2ccccc2)cc(Cl)n1. The molecule has 1 saturated heterocycles. The van der Waals surface area contributed by atoms with Crippen molar-refractivity contribution in [1.82, 2.24) is 9.88 Å². The molecule has 5 heteroatoms. The van der Waals surface area contributed by atoms with Crippen molar-refractivity contribution in [3.63, 3.8) is 0 Å². The number of amides is 1. The van der Waals surface area contributed by atoms with Gasteiger partial charge in [0.2, 0.25) is 0 Å². The number of rotatable bonds is 3. The van der Waals surface area contributed by atoms with Gasteiger partial charge in [0.25, 0.3) is 5.91 Å². The maximum Gasteiger partial charge on any atom is 0.254 e. The van der Waals surface area contributed by atoms with Crippen LogP contribution in [-0.2, 0) is 6.42 Å². The van der Waals surface area contributed by atoms with Gasteiger partial charge in [0.05, 0.1) is 0 Å². The van der Waals surface area contributed by atoms with Crippen LogP contribution in [0.2, 0.25) is 5.15 Å². The highest BCUT2D eigenvalue weighted by Crippen LogP contribution is 2.24. The zero-order chi connectivity index (χ0) is 15.5. The summed E-state index contributed by atoms with van der Waals surface area (Å²) in [7, 11) is 0. The molecule has 2 N–H and O–H groups in total. The lowest BCUT2D eigenvalue weighted by molar-refractivity contribution is 0.0736. The van der Waals surface area contributed by atoms with E-state index in [0.717, 1.165) is 25.8 Å². The molecule has 1 fully saturated rings. The van der Waals surface area contributed by atoms with E-state index in [-0.39, 0.29) is 22.9 Å². The van der Waals surface area contributed by atoms with Gasteiger partial charge in [-0.3, -0.25) is 4.79 Å². The molecule has 1 aromatic heterocycles. The smallest absolute Gasteiger partial charge is 0.254 e. The van der Waals surface area contributed by atoms with Gasteiger partial charge in [-0.05, 0) is 37.0 Å². The van der Waals surface area contributed by atoms with E-state index >= 15 is 0 Å². The Morgan fingerprint density at radius 2 is 2.09 bits per heavy atom. The average molecular weight is 316 g/mol. The van der Waals surface area contributed by atoms with Crippen molar-refractivity contribution >= 4 is 23.3 Å². The van der Waals surface area contributed by atoms with Crippen molar-refractivity contribution in [2.45, 2.75) is 25.3 Å². The van der Waals surface area contributed by atoms with Crippen molar-refractivity contribution in [2.24, 2.45) is 0 Å². The summed E-state index contributed by atoms with van der Waals surface area (Å²) in [5, 5.41) is 0.252. The van der Waals surface area contributed by atoms with Crippen LogP contribution in [0.1, 0.15) is 28.8 Å². The van der Waals surface area contributed by atoms with Crippen molar-refractivity contribution in [1.29, 1.82) is 0 Å². The first kappa shape index (κ1) is 14.9. The Balaban J connectivity index is 1.79. The van der Waals surface area contributed by atoms with Crippen molar-refractivity contribution in [3.8, 4) is 0 Å². The summed E-state index contributed by atoms with van der Waals surface area (Å²) >= 11 is 5.91. The Bertz CT molecular complexity index is 655. The fourth-order valence-corrected chi connectivity index (χ4v) is 3.22. The number of carbonyl (C=O) groups excluding carboxylic acids is 1. The molecule has 2 heterocycles. The number of pyridine rings is 1. The van der Waals surface area contributed by atoms with Crippen LogP contribution in [0, 0.1) is 0 Å². The molecule has 0 spiro atoms. The van der Waals surface area contributed by atoms with E-state index in [4.69, 9.17) is 17.3 Å². The first-order valence-corrected chi connectivity index (χ1v) is 7.79. The predicted molar refractivity (Wildman–Crippen MR) is 87.9 cm³/mol. The molecule has 1 atom stereocenters. The van der Waals surface area contributed by atoms with E-state index in [1.165, 1.54) is 5.56 Å². The first-order valence-electron chi connectivity index (χ1n) is 7.41. The number of benzene rings is 1. The summed E-state index contributed by atoms with van der Waals surface area (Å²) in [6, 6.07) is 13.7. The fraction of sp³-hybridized carbons (Fsp3) is 0.294. The molecule has 1 amide bonds. The minimum atomic E-state index is -0.0190. The fourth-order valence-electron chi connectivity index (χ4n) is 3.01. The molecule has 1 aliphatic rings. The number of nitrogens with two attached hydrogens (primary N) is 1. The number of anilines is 1. The van der Waals surface area contributed by atoms with Crippen LogP contribution >= 0.6 is 11.6 Å². The third-order valence-electron chi connectivity index (χ3n) is 4.01. The maximum atomic E-state index is 12.7. The van der Waals surface area contributed by atoms with E-state index in [1.54, 1.807) is 12.1 Å². The van der Waals surface area contributed by atoms with Crippen LogP contribution in [0.25, 0.3) is 0 Å². The van der Waals surface area contributed by atoms with Crippen LogP contribution in [0.15, 0.2) is 42.5 Å². The summed E-state index contributed by atoms with van der Waals surface area (Å²) in [6.07, 6.45) is 2.92. The Labute approximate surface area is 134 Å². The van der Waals surface area contributed by atoms with Gasteiger partial charge in [-0.15, -0.1) is 0 Å². The molecule has 4 nitrogen and oxygen atoms in total. The van der Waals surface area contributed by atoms with Crippen LogP contribution in [0.5, 0.6) is 0 Å². The summed E-state index contributed by atoms with van der Waals surface area (Å²) in [5.74, 6) is 0.254. The molecule has 114 valence electrons. The number of halogens is 1. The number of carbonyl (C=O) groups is 1. The summed E-state index contributed by atoms with van der Waals surface area (Å²) in [4.78, 5) is 18.6. The Morgan fingerprint density at radius 3 is 2.82 bits per heavy atom. The topological polar surface area (TPSA) is 59.2 Å². The zero-order valence-corrected chi connectivity index (χ0v) is 13.0. The molecule has 1 aromatic carbocycles. The maximum absolute atomic E-state index is 12.7. The summed E-state index contributed by atoms with van der Waals surface area (Å²) < 4.78 is 0. The monoisotopic (exact) mass is 315 g/mol. The predicted octanol–water partition coefficient (Wildman–Crippen LogP) is 3.16. The normalized spacial score (nSPS) is 17.7. The Morgan fingerprint density at radius 1 is 1.32 bits per heavy atom. The number of hydrogen-bond donors (Lipinski definition) is 1. The van der Waals surface area contributed by atoms with Gasteiger partial charge in [-0.25, -0.2) is 4.98 Å². The first-order chi connectivity index (χ1) is 10.6. The second-order valence-corrected chi connectivity index (χ2v) is 5.97. The highest BCUT2D eigenvalue weighted by Gasteiger charge is 2.29. The molecule has 0 saturated carbocycles. The molecular formula is C17H18ClN3O. The van der Waals surface area contributed by atoms with Gasteiger partial charge in [0.15, 0.2) is 0 Å². The van der Waals surface area contributed by atoms with Gasteiger partial charge < -0.3 is 10.6 Å². The minimum Gasteiger partial charge on any atom is -0.384 e. The van der Waals surface area contributed by atoms with E-state index < -0.39 is 0 Å². The minimum absolute atomic E-state index is 0.0190. The second-order valence-electron chi connectivity index (χ2n) is 5.59. The average Bonchev–Trinajstić information content (AvgIpc) is 2.94. The highest BCUT2D eigenvalue weighted by molar-refractivity contribution is 6.29. The lowest BCUT2D eigenvalue weighted by Gasteiger charge is -2.25. The van der Waals surface area contributed by atoms with Crippen molar-refractivity contribution in [2.75, 3.05) is 12.3 Å². The standard InChI is InChI=1S/C17H18ClN3O/c18-15-10-13(11-16(19)20-15)17(22)21-8-4-7-14(21)9-12-5-2-1-3-6-12/h1-3,5-6,10-11,14H,4,7-9H2,(H2,19,20). The molecule has 3 rings (SSSR count). The number of likely N-dealkylation sites (tertiary alicyclic amines) is 1. The summed E-state index contributed by atoms with van der Waals surface area (Å²) in [5.41, 5.74) is 7.45. The molecule has 0 aliphatic carbocycles. The van der Waals surface area contributed by atoms with Gasteiger partial charge >= 0.3 is 0 Å². The Hall–Kier alpha value is -2.07. The second kappa shape index (κ2) is 6.36. The van der Waals surface area contributed by atoms with Gasteiger partial charge in [-0.1, -0.05) is 41.9 Å². The Kier molecular flexibility index (Phi) is 4.29. The van der Waals surface area contributed by atoms with Gasteiger partial charge in [0, 0.05) is 18.2 Å². The van der Waals surface area contributed by atoms with E-state index in [0.29, 0.717) is 5.56 Å². The van der Waals surface area contributed by atoms with E-state index in [2.05, 4.69) is 17.1 Å². The zero-order valence-electron chi connectivity index (χ0n) is 12.2. The summed E-state index contributed by atoms with van der Waals surface area (Å²) in [6.45, 7) is 0.774. The molecule has 2 aromatic rings. The molecule has 22 heavy (non-hydrogen) atoms. The molecule has 1 unspecified atom stereocenters. The number of hydrogen-bond acceptors (Lipinski definition) is 3. The lowest BCUT2D eigenvalue weighted by Crippen LogP contribution is -2.36. The van der Waals surface area contributed by atoms with Crippen LogP contribution in [0.3, 0.4) is 0 Å². The molecular weight excluding hydrogens is 298 g/mol. The van der Waals surface area contributed by atoms with Crippen LogP contribution in [0.4, 0.5) is 5.82 Å².